The molecule has 0 aliphatic heterocycles. The van der Waals surface area contributed by atoms with Crippen molar-refractivity contribution in [3.8, 4) is 17.2 Å². The third-order valence-corrected chi connectivity index (χ3v) is 3.04. The summed E-state index contributed by atoms with van der Waals surface area (Å²) in [6.45, 7) is 0. The number of ether oxygens (including phenoxy) is 1. The van der Waals surface area contributed by atoms with Crippen LogP contribution in [0.1, 0.15) is 5.56 Å². The molecule has 2 N–H and O–H groups in total. The molecule has 0 spiro atoms. The number of hydrogen-bond acceptors (Lipinski definition) is 2. The molecule has 0 saturated heterocycles. The predicted octanol–water partition coefficient (Wildman–Crippen LogP) is 4.68. The zero-order valence-corrected chi connectivity index (χ0v) is 10.6. The molecule has 0 aliphatic rings. The molecule has 0 atom stereocenters. The zero-order valence-electron chi connectivity index (χ0n) is 10.6. The van der Waals surface area contributed by atoms with Gasteiger partial charge in [0.15, 0.2) is 5.75 Å². The molecule has 6 heteroatoms. The summed E-state index contributed by atoms with van der Waals surface area (Å²) in [5.74, 6) is 0.800. The van der Waals surface area contributed by atoms with E-state index in [0.717, 1.165) is 12.1 Å². The highest BCUT2D eigenvalue weighted by Gasteiger charge is 2.30. The Bertz CT molecular complexity index is 776. The minimum Gasteiger partial charge on any atom is -0.508 e. The van der Waals surface area contributed by atoms with Crippen LogP contribution in [0.4, 0.5) is 13.2 Å². The third kappa shape index (κ3) is 2.65. The van der Waals surface area contributed by atoms with Crippen LogP contribution in [0.5, 0.6) is 17.2 Å². The first-order valence-corrected chi connectivity index (χ1v) is 6.09. The van der Waals surface area contributed by atoms with Gasteiger partial charge in [-0.2, -0.15) is 13.2 Å². The number of hydrogen-bond donors (Lipinski definition) is 2. The van der Waals surface area contributed by atoms with E-state index in [0.29, 0.717) is 22.4 Å². The molecule has 0 unspecified atom stereocenters. The van der Waals surface area contributed by atoms with Crippen molar-refractivity contribution in [2.45, 2.75) is 6.18 Å². The highest BCUT2D eigenvalue weighted by Crippen LogP contribution is 2.36. The van der Waals surface area contributed by atoms with Gasteiger partial charge in [0.1, 0.15) is 11.5 Å². The number of phenolic OH excluding ortho intramolecular Hbond substituents is 1. The van der Waals surface area contributed by atoms with Crippen LogP contribution >= 0.6 is 0 Å². The van der Waals surface area contributed by atoms with E-state index in [1.807, 2.05) is 0 Å². The predicted molar refractivity (Wildman–Crippen MR) is 71.5 cm³/mol. The fourth-order valence-electron chi connectivity index (χ4n) is 2.00. The van der Waals surface area contributed by atoms with Gasteiger partial charge in [0.2, 0.25) is 0 Å². The Balaban J connectivity index is 2.00. The summed E-state index contributed by atoms with van der Waals surface area (Å²) in [4.78, 5) is 2.86. The van der Waals surface area contributed by atoms with Crippen molar-refractivity contribution in [2.24, 2.45) is 0 Å². The molecule has 0 saturated carbocycles. The van der Waals surface area contributed by atoms with Crippen molar-refractivity contribution < 1.29 is 23.0 Å². The topological polar surface area (TPSA) is 45.2 Å². The highest BCUT2D eigenvalue weighted by atomic mass is 19.4. The Morgan fingerprint density at radius 3 is 2.38 bits per heavy atom. The Labute approximate surface area is 117 Å². The monoisotopic (exact) mass is 293 g/mol. The van der Waals surface area contributed by atoms with Gasteiger partial charge < -0.3 is 14.8 Å². The lowest BCUT2D eigenvalue weighted by Gasteiger charge is -2.08. The second-order valence-corrected chi connectivity index (χ2v) is 4.51. The largest absolute Gasteiger partial charge is 0.508 e. The number of H-pyrrole nitrogens is 1. The first-order valence-electron chi connectivity index (χ1n) is 6.09. The molecule has 1 aromatic heterocycles. The lowest BCUT2D eigenvalue weighted by Crippen LogP contribution is -2.04. The van der Waals surface area contributed by atoms with E-state index >= 15 is 0 Å². The van der Waals surface area contributed by atoms with Crippen LogP contribution < -0.4 is 4.74 Å². The van der Waals surface area contributed by atoms with Crippen LogP contribution in [0.15, 0.2) is 48.7 Å². The van der Waals surface area contributed by atoms with Crippen molar-refractivity contribution in [3.05, 3.63) is 54.2 Å². The van der Waals surface area contributed by atoms with E-state index in [1.165, 1.54) is 36.5 Å². The normalized spacial score (nSPS) is 11.8. The molecule has 0 amide bonds. The van der Waals surface area contributed by atoms with E-state index < -0.39 is 11.7 Å². The average Bonchev–Trinajstić information content (AvgIpc) is 2.83. The molecule has 2 aromatic carbocycles. The molecule has 3 rings (SSSR count). The maximum atomic E-state index is 12.7. The molecule has 0 bridgehead atoms. The van der Waals surface area contributed by atoms with Crippen molar-refractivity contribution in [2.75, 3.05) is 0 Å². The quantitative estimate of drug-likeness (QED) is 0.720. The van der Waals surface area contributed by atoms with Gasteiger partial charge in [-0.3, -0.25) is 0 Å². The van der Waals surface area contributed by atoms with Gasteiger partial charge >= 0.3 is 6.18 Å². The number of alkyl halides is 3. The van der Waals surface area contributed by atoms with Crippen molar-refractivity contribution in [3.63, 3.8) is 0 Å². The smallest absolute Gasteiger partial charge is 0.416 e. The summed E-state index contributed by atoms with van der Waals surface area (Å²) in [6, 6.07) is 9.35. The Morgan fingerprint density at radius 2 is 1.71 bits per heavy atom. The number of nitrogens with one attached hydrogen (secondary N) is 1. The van der Waals surface area contributed by atoms with Crippen LogP contribution in [0, 0.1) is 0 Å². The number of fused-ring (bicyclic) bond motifs is 1. The maximum Gasteiger partial charge on any atom is 0.416 e. The molecular formula is C15H10F3NO2. The van der Waals surface area contributed by atoms with Crippen LogP contribution in [0.3, 0.4) is 0 Å². The number of halogens is 3. The molecule has 3 aromatic rings. The van der Waals surface area contributed by atoms with Crippen molar-refractivity contribution >= 4 is 10.9 Å². The second-order valence-electron chi connectivity index (χ2n) is 4.51. The highest BCUT2D eigenvalue weighted by molar-refractivity contribution is 5.87. The maximum absolute atomic E-state index is 12.7. The second kappa shape index (κ2) is 4.73. The van der Waals surface area contributed by atoms with Gasteiger partial charge in [-0.05, 0) is 42.5 Å². The Kier molecular flexibility index (Phi) is 3.01. The van der Waals surface area contributed by atoms with Gasteiger partial charge in [0.05, 0.1) is 5.56 Å². The van der Waals surface area contributed by atoms with E-state index in [4.69, 9.17) is 4.74 Å². The molecule has 0 radical (unpaired) electrons. The number of rotatable bonds is 2. The minimum absolute atomic E-state index is 0.0839. The fourth-order valence-corrected chi connectivity index (χ4v) is 2.00. The van der Waals surface area contributed by atoms with Gasteiger partial charge in [-0.1, -0.05) is 0 Å². The van der Waals surface area contributed by atoms with Crippen LogP contribution in [-0.4, -0.2) is 10.1 Å². The van der Waals surface area contributed by atoms with Crippen molar-refractivity contribution in [1.29, 1.82) is 0 Å². The number of aromatic amines is 1. The number of benzene rings is 2. The van der Waals surface area contributed by atoms with Crippen LogP contribution in [0.25, 0.3) is 10.9 Å². The van der Waals surface area contributed by atoms with Crippen LogP contribution in [-0.2, 0) is 6.18 Å². The lowest BCUT2D eigenvalue weighted by atomic mass is 10.1. The number of aromatic nitrogens is 1. The summed E-state index contributed by atoms with van der Waals surface area (Å²) >= 11 is 0. The van der Waals surface area contributed by atoms with Gasteiger partial charge in [-0.25, -0.2) is 0 Å². The Hall–Kier alpha value is -2.63. The average molecular weight is 293 g/mol. The van der Waals surface area contributed by atoms with E-state index in [2.05, 4.69) is 4.98 Å². The molecule has 1 heterocycles. The third-order valence-electron chi connectivity index (χ3n) is 3.04. The van der Waals surface area contributed by atoms with Gasteiger partial charge in [0, 0.05) is 17.1 Å². The van der Waals surface area contributed by atoms with Gasteiger partial charge in [-0.15, -0.1) is 0 Å². The number of aromatic hydroxyl groups is 1. The minimum atomic E-state index is -4.40. The molecule has 0 fully saturated rings. The lowest BCUT2D eigenvalue weighted by molar-refractivity contribution is -0.137. The Morgan fingerprint density at radius 1 is 1.00 bits per heavy atom. The summed E-state index contributed by atoms with van der Waals surface area (Å²) in [5.41, 5.74) is -0.179. The van der Waals surface area contributed by atoms with Crippen molar-refractivity contribution in [1.82, 2.24) is 4.98 Å². The fraction of sp³-hybridized carbons (Fsp3) is 0.0667. The van der Waals surface area contributed by atoms with E-state index in [-0.39, 0.29) is 5.75 Å². The SMILES string of the molecule is Oc1ccc(Oc2c[nH]c3ccc(C(F)(F)F)cc23)cc1. The zero-order chi connectivity index (χ0) is 15.0. The molecular weight excluding hydrogens is 283 g/mol. The van der Waals surface area contributed by atoms with E-state index in [1.54, 1.807) is 0 Å². The molecule has 3 nitrogen and oxygen atoms in total. The summed E-state index contributed by atoms with van der Waals surface area (Å²) in [7, 11) is 0. The summed E-state index contributed by atoms with van der Waals surface area (Å²) in [5, 5.41) is 9.54. The first kappa shape index (κ1) is 13.4. The molecule has 0 aliphatic carbocycles. The first-order chi connectivity index (χ1) is 9.93. The molecule has 21 heavy (non-hydrogen) atoms. The summed E-state index contributed by atoms with van der Waals surface area (Å²) in [6.07, 6.45) is -2.90. The number of phenols is 1. The van der Waals surface area contributed by atoms with E-state index in [9.17, 15) is 18.3 Å². The molecule has 108 valence electrons. The summed E-state index contributed by atoms with van der Waals surface area (Å²) < 4.78 is 43.8. The van der Waals surface area contributed by atoms with Crippen LogP contribution in [0.2, 0.25) is 0 Å². The van der Waals surface area contributed by atoms with Gasteiger partial charge in [0.25, 0.3) is 0 Å². The standard InChI is InChI=1S/C15H10F3NO2/c16-15(17,18)9-1-6-13-12(7-9)14(8-19-13)21-11-4-2-10(20)3-5-11/h1-8,19-20H.